The fourth-order valence-corrected chi connectivity index (χ4v) is 9.19. The van der Waals surface area contributed by atoms with E-state index in [2.05, 4.69) is 19.7 Å². The van der Waals surface area contributed by atoms with Gasteiger partial charge in [-0.2, -0.15) is 22.6 Å². The Kier molecular flexibility index (Phi) is 11.9. The molecular weight excluding hydrogens is 738 g/mol. The van der Waals surface area contributed by atoms with E-state index in [1.54, 1.807) is 17.1 Å². The third-order valence-electron chi connectivity index (χ3n) is 9.27. The Labute approximate surface area is 304 Å². The lowest BCUT2D eigenvalue weighted by molar-refractivity contribution is -0.139. The number of β-amino-alcohol motifs (C(OH)–C–C–N with tert-alkyl or cyclic N) is 1. The molecule has 1 unspecified atom stereocenters. The van der Waals surface area contributed by atoms with E-state index in [1.165, 1.54) is 16.4 Å². The highest BCUT2D eigenvalue weighted by Gasteiger charge is 2.35. The molecule has 0 aliphatic carbocycles. The van der Waals surface area contributed by atoms with Crippen LogP contribution in [0.25, 0.3) is 11.3 Å². The third-order valence-corrected chi connectivity index (χ3v) is 12.1. The highest BCUT2D eigenvalue weighted by Crippen LogP contribution is 2.40. The van der Waals surface area contributed by atoms with Crippen LogP contribution in [-0.4, -0.2) is 133 Å². The first-order valence-electron chi connectivity index (χ1n) is 16.4. The molecule has 1 N–H and O–H groups in total. The minimum atomic E-state index is -4.54. The second-order valence-corrected chi connectivity index (χ2v) is 16.6. The van der Waals surface area contributed by atoms with Crippen molar-refractivity contribution in [3.8, 4) is 11.3 Å². The number of benzene rings is 1. The first-order valence-corrected chi connectivity index (χ1v) is 20.0. The summed E-state index contributed by atoms with van der Waals surface area (Å²) in [5, 5.41) is 17.0. The Morgan fingerprint density at radius 3 is 2.36 bits per heavy atom. The van der Waals surface area contributed by atoms with Crippen molar-refractivity contribution in [3.63, 3.8) is 0 Å². The summed E-state index contributed by atoms with van der Waals surface area (Å²) in [6.45, 7) is 6.75. The molecule has 1 aromatic carbocycles. The molecule has 0 saturated carbocycles. The average molecular weight is 779 g/mol. The molecule has 3 aliphatic rings. The number of hydrogen-bond donors (Lipinski definition) is 1. The fourth-order valence-electron chi connectivity index (χ4n) is 6.68. The predicted molar refractivity (Wildman–Crippen MR) is 189 cm³/mol. The van der Waals surface area contributed by atoms with Gasteiger partial charge in [-0.3, -0.25) is 19.5 Å². The van der Waals surface area contributed by atoms with Crippen molar-refractivity contribution in [2.75, 3.05) is 89.0 Å². The molecule has 3 aromatic rings. The standard InChI is InChI=1S/C32H40Cl2F3N7O4S2/c1-50(46,47)43-5-4-28-24(21-43)30(22-2-3-25(32(35,36)37)29(16-22)49-15-12-40-10-13-48-14-11-40)39-44(28)20-23(45)19-41-6-8-42(9-7-41)31-26(33)17-38-18-27(31)34/h2-3,16-18,23,45H,4-15,19-21H2,1H3. The quantitative estimate of drug-likeness (QED) is 0.285. The number of ether oxygens (including phenoxy) is 1. The van der Waals surface area contributed by atoms with Gasteiger partial charge in [0.15, 0.2) is 0 Å². The molecule has 5 heterocycles. The van der Waals surface area contributed by atoms with Crippen LogP contribution in [0.2, 0.25) is 10.0 Å². The maximum absolute atomic E-state index is 14.1. The van der Waals surface area contributed by atoms with E-state index < -0.39 is 27.9 Å². The lowest BCUT2D eigenvalue weighted by Crippen LogP contribution is -2.49. The summed E-state index contributed by atoms with van der Waals surface area (Å²) in [5.74, 6) is 0.462. The molecule has 274 valence electrons. The average Bonchev–Trinajstić information content (AvgIpc) is 3.42. The lowest BCUT2D eigenvalue weighted by Gasteiger charge is -2.37. The van der Waals surface area contributed by atoms with E-state index in [-0.39, 0.29) is 24.5 Å². The van der Waals surface area contributed by atoms with E-state index in [4.69, 9.17) is 33.0 Å². The van der Waals surface area contributed by atoms with Gasteiger partial charge >= 0.3 is 6.18 Å². The largest absolute Gasteiger partial charge is 0.417 e. The second kappa shape index (κ2) is 15.8. The van der Waals surface area contributed by atoms with Crippen LogP contribution < -0.4 is 4.90 Å². The zero-order chi connectivity index (χ0) is 35.6. The molecule has 50 heavy (non-hydrogen) atoms. The lowest BCUT2D eigenvalue weighted by atomic mass is 10.0. The van der Waals surface area contributed by atoms with E-state index in [0.717, 1.165) is 48.6 Å². The molecular formula is C32H40Cl2F3N7O4S2. The Morgan fingerprint density at radius 2 is 1.70 bits per heavy atom. The number of hydrogen-bond acceptors (Lipinski definition) is 10. The van der Waals surface area contributed by atoms with Crippen molar-refractivity contribution < 1.29 is 31.4 Å². The number of thioether (sulfide) groups is 1. The highest BCUT2D eigenvalue weighted by molar-refractivity contribution is 7.99. The smallest absolute Gasteiger partial charge is 0.390 e. The first kappa shape index (κ1) is 37.6. The van der Waals surface area contributed by atoms with E-state index in [9.17, 15) is 26.7 Å². The van der Waals surface area contributed by atoms with Crippen molar-refractivity contribution in [2.45, 2.75) is 36.7 Å². The van der Waals surface area contributed by atoms with Crippen LogP contribution in [0.15, 0.2) is 35.5 Å². The molecule has 0 radical (unpaired) electrons. The fraction of sp³-hybridized carbons (Fsp3) is 0.562. The monoisotopic (exact) mass is 777 g/mol. The van der Waals surface area contributed by atoms with Gasteiger partial charge in [-0.25, -0.2) is 8.42 Å². The molecule has 0 amide bonds. The summed E-state index contributed by atoms with van der Waals surface area (Å²) in [4.78, 5) is 10.5. The van der Waals surface area contributed by atoms with Gasteiger partial charge in [-0.1, -0.05) is 29.3 Å². The molecule has 2 aromatic heterocycles. The molecule has 3 aliphatic heterocycles. The molecule has 6 rings (SSSR count). The number of anilines is 1. The molecule has 18 heteroatoms. The Balaban J connectivity index is 1.21. The van der Waals surface area contributed by atoms with Crippen LogP contribution in [0.3, 0.4) is 0 Å². The van der Waals surface area contributed by atoms with Crippen LogP contribution in [0.1, 0.15) is 16.8 Å². The number of nitrogens with zero attached hydrogens (tertiary/aromatic N) is 7. The van der Waals surface area contributed by atoms with Crippen molar-refractivity contribution in [1.82, 2.24) is 28.9 Å². The number of rotatable bonds is 11. The Hall–Kier alpha value is -2.15. The topological polar surface area (TPSA) is 107 Å². The summed E-state index contributed by atoms with van der Waals surface area (Å²) in [6.07, 6.45) is -0.732. The van der Waals surface area contributed by atoms with E-state index in [0.29, 0.717) is 91.5 Å². The number of aromatic nitrogens is 3. The molecule has 1 atom stereocenters. The van der Waals surface area contributed by atoms with Gasteiger partial charge in [0, 0.05) is 112 Å². The molecule has 11 nitrogen and oxygen atoms in total. The van der Waals surface area contributed by atoms with Gasteiger partial charge < -0.3 is 14.7 Å². The number of pyridine rings is 1. The number of aliphatic hydroxyl groups is 1. The Morgan fingerprint density at radius 1 is 1.00 bits per heavy atom. The summed E-state index contributed by atoms with van der Waals surface area (Å²) in [5.41, 5.74) is 2.32. The van der Waals surface area contributed by atoms with Crippen LogP contribution in [-0.2, 0) is 40.4 Å². The number of piperazine rings is 1. The van der Waals surface area contributed by atoms with Crippen molar-refractivity contribution >= 4 is 50.7 Å². The van der Waals surface area contributed by atoms with Crippen LogP contribution in [0.5, 0.6) is 0 Å². The van der Waals surface area contributed by atoms with Gasteiger partial charge in [0.05, 0.1) is 59.1 Å². The van der Waals surface area contributed by atoms with Gasteiger partial charge in [-0.05, 0) is 12.1 Å². The zero-order valence-corrected chi connectivity index (χ0v) is 30.7. The normalized spacial score (nSPS) is 19.1. The van der Waals surface area contributed by atoms with E-state index in [1.807, 2.05) is 0 Å². The third kappa shape index (κ3) is 8.89. The van der Waals surface area contributed by atoms with Crippen LogP contribution in [0, 0.1) is 0 Å². The summed E-state index contributed by atoms with van der Waals surface area (Å²) < 4.78 is 75.9. The number of alkyl halides is 3. The van der Waals surface area contributed by atoms with Gasteiger partial charge in [0.25, 0.3) is 0 Å². The molecule has 0 bridgehead atoms. The number of sulfonamides is 1. The van der Waals surface area contributed by atoms with Crippen molar-refractivity contribution in [1.29, 1.82) is 0 Å². The number of fused-ring (bicyclic) bond motifs is 1. The highest BCUT2D eigenvalue weighted by atomic mass is 35.5. The van der Waals surface area contributed by atoms with Crippen LogP contribution in [0.4, 0.5) is 18.9 Å². The minimum absolute atomic E-state index is 0.0439. The maximum Gasteiger partial charge on any atom is 0.417 e. The predicted octanol–water partition coefficient (Wildman–Crippen LogP) is 4.20. The first-order chi connectivity index (χ1) is 23.8. The summed E-state index contributed by atoms with van der Waals surface area (Å²) >= 11 is 13.9. The van der Waals surface area contributed by atoms with Gasteiger partial charge in [0.1, 0.15) is 0 Å². The minimum Gasteiger partial charge on any atom is -0.390 e. The van der Waals surface area contributed by atoms with Crippen molar-refractivity contribution in [3.05, 3.63) is 57.5 Å². The molecule has 2 fully saturated rings. The molecule has 0 spiro atoms. The summed E-state index contributed by atoms with van der Waals surface area (Å²) in [6, 6.07) is 3.99. The second-order valence-electron chi connectivity index (χ2n) is 12.7. The Bertz CT molecular complexity index is 1750. The SMILES string of the molecule is CS(=O)(=O)N1CCc2c(c(-c3ccc(C(F)(F)F)c(SCCN4CCOCC4)c3)nn2CC(O)CN2CCN(c3c(Cl)cncc3Cl)CC2)C1. The van der Waals surface area contributed by atoms with Gasteiger partial charge in [0.2, 0.25) is 10.0 Å². The summed E-state index contributed by atoms with van der Waals surface area (Å²) in [7, 11) is -3.54. The van der Waals surface area contributed by atoms with Crippen molar-refractivity contribution in [2.24, 2.45) is 0 Å². The van der Waals surface area contributed by atoms with Crippen LogP contribution >= 0.6 is 35.0 Å². The zero-order valence-electron chi connectivity index (χ0n) is 27.6. The number of morpholine rings is 1. The number of aliphatic hydroxyl groups excluding tert-OH is 1. The maximum atomic E-state index is 14.1. The van der Waals surface area contributed by atoms with Gasteiger partial charge in [-0.15, -0.1) is 11.8 Å². The number of halogens is 5. The molecule has 2 saturated heterocycles. The van der Waals surface area contributed by atoms with E-state index >= 15 is 0 Å².